The Labute approximate surface area is 145 Å². The van der Waals surface area contributed by atoms with Crippen molar-refractivity contribution in [2.75, 3.05) is 11.9 Å². The van der Waals surface area contributed by atoms with Crippen LogP contribution in [0, 0.1) is 10.5 Å². The number of halogens is 2. The van der Waals surface area contributed by atoms with Gasteiger partial charge in [0.2, 0.25) is 0 Å². The van der Waals surface area contributed by atoms with Gasteiger partial charge in [-0.1, -0.05) is 12.1 Å². The number of rotatable bonds is 5. The van der Waals surface area contributed by atoms with E-state index in [1.54, 1.807) is 11.8 Å². The maximum Gasteiger partial charge on any atom is 0.143 e. The molecule has 106 valence electrons. The molecule has 0 amide bonds. The highest BCUT2D eigenvalue weighted by molar-refractivity contribution is 14.1. The second kappa shape index (κ2) is 7.61. The highest BCUT2D eigenvalue weighted by Crippen LogP contribution is 2.29. The number of hydrogen-bond donors (Lipinski definition) is 1. The van der Waals surface area contributed by atoms with Crippen LogP contribution in [0.25, 0.3) is 0 Å². The molecule has 0 aliphatic heterocycles. The molecular formula is C14H15BrIN3S. The van der Waals surface area contributed by atoms with Crippen LogP contribution >= 0.6 is 50.3 Å². The van der Waals surface area contributed by atoms with Crippen LogP contribution in [-0.2, 0) is 5.75 Å². The summed E-state index contributed by atoms with van der Waals surface area (Å²) < 4.78 is 2.21. The summed E-state index contributed by atoms with van der Waals surface area (Å²) in [6.07, 6.45) is 0. The average molecular weight is 464 g/mol. The number of aryl methyl sites for hydroxylation is 1. The van der Waals surface area contributed by atoms with Crippen molar-refractivity contribution < 1.29 is 0 Å². The predicted molar refractivity (Wildman–Crippen MR) is 97.4 cm³/mol. The highest BCUT2D eigenvalue weighted by Gasteiger charge is 2.09. The Bertz CT molecular complexity index is 607. The zero-order valence-electron chi connectivity index (χ0n) is 11.3. The number of thioether (sulfide) groups is 1. The first-order chi connectivity index (χ1) is 9.61. The summed E-state index contributed by atoms with van der Waals surface area (Å²) in [6, 6.07) is 8.20. The molecule has 0 aliphatic rings. The molecule has 1 aromatic carbocycles. The fourth-order valence-electron chi connectivity index (χ4n) is 1.67. The molecule has 0 saturated heterocycles. The molecule has 1 aromatic heterocycles. The number of hydrogen-bond acceptors (Lipinski definition) is 4. The molecule has 0 bridgehead atoms. The number of anilines is 1. The van der Waals surface area contributed by atoms with Crippen LogP contribution in [0.1, 0.15) is 18.4 Å². The Hall–Kier alpha value is -0.340. The number of nitrogens with zero attached hydrogens (tertiary/aromatic N) is 2. The van der Waals surface area contributed by atoms with Crippen LogP contribution < -0.4 is 5.32 Å². The van der Waals surface area contributed by atoms with E-state index in [4.69, 9.17) is 0 Å². The zero-order valence-corrected chi connectivity index (χ0v) is 15.8. The molecular weight excluding hydrogens is 449 g/mol. The normalized spacial score (nSPS) is 10.6. The third kappa shape index (κ3) is 4.08. The average Bonchev–Trinajstić information content (AvgIpc) is 2.43. The lowest BCUT2D eigenvalue weighted by Crippen LogP contribution is -2.07. The summed E-state index contributed by atoms with van der Waals surface area (Å²) >= 11 is 7.59. The minimum Gasteiger partial charge on any atom is -0.369 e. The molecule has 2 aromatic rings. The maximum absolute atomic E-state index is 4.60. The van der Waals surface area contributed by atoms with E-state index in [9.17, 15) is 0 Å². The van der Waals surface area contributed by atoms with E-state index < -0.39 is 0 Å². The van der Waals surface area contributed by atoms with Crippen molar-refractivity contribution >= 4 is 56.1 Å². The molecule has 1 N–H and O–H groups in total. The van der Waals surface area contributed by atoms with Gasteiger partial charge in [-0.2, -0.15) is 0 Å². The van der Waals surface area contributed by atoms with Gasteiger partial charge in [-0.3, -0.25) is 0 Å². The molecule has 1 heterocycles. The first kappa shape index (κ1) is 16.0. The maximum atomic E-state index is 4.60. The van der Waals surface area contributed by atoms with Crippen molar-refractivity contribution in [1.82, 2.24) is 9.97 Å². The van der Waals surface area contributed by atoms with E-state index in [0.29, 0.717) is 0 Å². The monoisotopic (exact) mass is 463 g/mol. The first-order valence-electron chi connectivity index (χ1n) is 6.26. The van der Waals surface area contributed by atoms with Gasteiger partial charge in [0.25, 0.3) is 0 Å². The number of benzene rings is 1. The molecule has 0 spiro atoms. The summed E-state index contributed by atoms with van der Waals surface area (Å²) in [5.74, 6) is 2.56. The van der Waals surface area contributed by atoms with E-state index in [0.717, 1.165) is 37.7 Å². The second-order valence-corrected chi connectivity index (χ2v) is 7.09. The van der Waals surface area contributed by atoms with E-state index in [-0.39, 0.29) is 0 Å². The van der Waals surface area contributed by atoms with Gasteiger partial charge in [0.05, 0.1) is 15.0 Å². The SMILES string of the molecule is CCNc1nc(CSc2ccccc2Br)nc(C)c1I. The molecule has 0 unspecified atom stereocenters. The second-order valence-electron chi connectivity index (χ2n) is 4.14. The van der Waals surface area contributed by atoms with Gasteiger partial charge in [0, 0.05) is 15.9 Å². The largest absolute Gasteiger partial charge is 0.369 e. The minimum atomic E-state index is 0.763. The molecule has 0 saturated carbocycles. The summed E-state index contributed by atoms with van der Waals surface area (Å²) in [5, 5.41) is 3.29. The molecule has 2 rings (SSSR count). The number of nitrogens with one attached hydrogen (secondary N) is 1. The van der Waals surface area contributed by atoms with Crippen molar-refractivity contribution in [3.8, 4) is 0 Å². The van der Waals surface area contributed by atoms with Gasteiger partial charge in [0.15, 0.2) is 0 Å². The highest BCUT2D eigenvalue weighted by atomic mass is 127. The third-order valence-corrected chi connectivity index (χ3v) is 5.92. The van der Waals surface area contributed by atoms with Crippen LogP contribution in [-0.4, -0.2) is 16.5 Å². The minimum absolute atomic E-state index is 0.763. The lowest BCUT2D eigenvalue weighted by atomic mass is 10.4. The topological polar surface area (TPSA) is 37.8 Å². The summed E-state index contributed by atoms with van der Waals surface area (Å²) in [6.45, 7) is 4.96. The molecule has 0 aliphatic carbocycles. The number of aromatic nitrogens is 2. The predicted octanol–water partition coefficient (Wildman–Crippen LogP) is 4.88. The fourth-order valence-corrected chi connectivity index (χ4v) is 3.52. The standard InChI is InChI=1S/C14H15BrIN3S/c1-3-17-14-13(16)9(2)18-12(19-14)8-20-11-7-5-4-6-10(11)15/h4-7H,3,8H2,1-2H3,(H,17,18,19). The van der Waals surface area contributed by atoms with Gasteiger partial charge >= 0.3 is 0 Å². The van der Waals surface area contributed by atoms with Crippen molar-refractivity contribution in [2.45, 2.75) is 24.5 Å². The Morgan fingerprint density at radius 3 is 2.75 bits per heavy atom. The van der Waals surface area contributed by atoms with Crippen molar-refractivity contribution in [3.63, 3.8) is 0 Å². The molecule has 6 heteroatoms. The fraction of sp³-hybridized carbons (Fsp3) is 0.286. The molecule has 0 atom stereocenters. The molecule has 3 nitrogen and oxygen atoms in total. The van der Waals surface area contributed by atoms with Crippen molar-refractivity contribution in [2.24, 2.45) is 0 Å². The Balaban J connectivity index is 2.16. The van der Waals surface area contributed by atoms with Gasteiger partial charge < -0.3 is 5.32 Å². The van der Waals surface area contributed by atoms with Crippen LogP contribution in [0.15, 0.2) is 33.6 Å². The van der Waals surface area contributed by atoms with Gasteiger partial charge in [-0.05, 0) is 64.5 Å². The first-order valence-corrected chi connectivity index (χ1v) is 9.11. The van der Waals surface area contributed by atoms with Crippen LogP contribution in [0.4, 0.5) is 5.82 Å². The zero-order chi connectivity index (χ0) is 14.5. The Kier molecular flexibility index (Phi) is 6.10. The van der Waals surface area contributed by atoms with Gasteiger partial charge in [-0.25, -0.2) is 9.97 Å². The summed E-state index contributed by atoms with van der Waals surface area (Å²) in [4.78, 5) is 10.4. The quantitative estimate of drug-likeness (QED) is 0.506. The molecule has 0 fully saturated rings. The lowest BCUT2D eigenvalue weighted by Gasteiger charge is -2.10. The van der Waals surface area contributed by atoms with Crippen LogP contribution in [0.3, 0.4) is 0 Å². The smallest absolute Gasteiger partial charge is 0.143 e. The summed E-state index contributed by atoms with van der Waals surface area (Å²) in [7, 11) is 0. The Morgan fingerprint density at radius 1 is 1.30 bits per heavy atom. The molecule has 0 radical (unpaired) electrons. The van der Waals surface area contributed by atoms with Crippen LogP contribution in [0.2, 0.25) is 0 Å². The molecule has 20 heavy (non-hydrogen) atoms. The van der Waals surface area contributed by atoms with E-state index in [1.165, 1.54) is 4.90 Å². The van der Waals surface area contributed by atoms with Gasteiger partial charge in [0.1, 0.15) is 11.6 Å². The van der Waals surface area contributed by atoms with E-state index >= 15 is 0 Å². The van der Waals surface area contributed by atoms with Crippen LogP contribution in [0.5, 0.6) is 0 Å². The van der Waals surface area contributed by atoms with Crippen molar-refractivity contribution in [3.05, 3.63) is 43.8 Å². The van der Waals surface area contributed by atoms with Crippen molar-refractivity contribution in [1.29, 1.82) is 0 Å². The lowest BCUT2D eigenvalue weighted by molar-refractivity contribution is 0.973. The Morgan fingerprint density at radius 2 is 2.05 bits per heavy atom. The van der Waals surface area contributed by atoms with Gasteiger partial charge in [-0.15, -0.1) is 11.8 Å². The van der Waals surface area contributed by atoms with E-state index in [1.807, 2.05) is 25.1 Å². The summed E-state index contributed by atoms with van der Waals surface area (Å²) in [5.41, 5.74) is 1.03. The van der Waals surface area contributed by atoms with E-state index in [2.05, 4.69) is 66.8 Å². The third-order valence-electron chi connectivity index (χ3n) is 2.60.